The van der Waals surface area contributed by atoms with Crippen LogP contribution in [-0.4, -0.2) is 26.1 Å². The van der Waals surface area contributed by atoms with Crippen LogP contribution in [0.2, 0.25) is 0 Å². The summed E-state index contributed by atoms with van der Waals surface area (Å²) in [5.74, 6) is 0.726. The third-order valence-corrected chi connectivity index (χ3v) is 7.41. The molecule has 1 amide bonds. The zero-order valence-electron chi connectivity index (χ0n) is 21.0. The summed E-state index contributed by atoms with van der Waals surface area (Å²) in [5.41, 5.74) is 5.22. The minimum Gasteiger partial charge on any atom is -0.354 e. The average molecular weight is 491 g/mol. The van der Waals surface area contributed by atoms with Gasteiger partial charge in [-0.25, -0.2) is 4.98 Å². The van der Waals surface area contributed by atoms with Crippen LogP contribution in [-0.2, 0) is 30.7 Å². The van der Waals surface area contributed by atoms with E-state index in [2.05, 4.69) is 41.1 Å². The Kier molecular flexibility index (Phi) is 6.08. The summed E-state index contributed by atoms with van der Waals surface area (Å²) in [6, 6.07) is 26.3. The highest BCUT2D eigenvalue weighted by Gasteiger charge is 2.27. The number of carbonyl (C=O) groups excluding carboxylic acids is 1. The van der Waals surface area contributed by atoms with Crippen LogP contribution in [0.4, 0.5) is 0 Å². The first-order valence-electron chi connectivity index (χ1n) is 13.0. The van der Waals surface area contributed by atoms with Gasteiger partial charge >= 0.3 is 0 Å². The molecule has 3 heterocycles. The van der Waals surface area contributed by atoms with Gasteiger partial charge in [0.2, 0.25) is 5.91 Å². The predicted molar refractivity (Wildman–Crippen MR) is 148 cm³/mol. The summed E-state index contributed by atoms with van der Waals surface area (Å²) in [5, 5.41) is 4.98. The lowest BCUT2D eigenvalue weighted by molar-refractivity contribution is -0.121. The molecule has 3 aromatic carbocycles. The Morgan fingerprint density at radius 3 is 2.54 bits per heavy atom. The molecule has 37 heavy (non-hydrogen) atoms. The van der Waals surface area contributed by atoms with Crippen molar-refractivity contribution in [2.24, 2.45) is 0 Å². The molecule has 6 heteroatoms. The smallest absolute Gasteiger partial charge is 0.261 e. The molecule has 0 saturated carbocycles. The number of nitrogens with zero attached hydrogens (tertiary/aromatic N) is 3. The zero-order chi connectivity index (χ0) is 25.4. The van der Waals surface area contributed by atoms with Crippen LogP contribution in [0.1, 0.15) is 30.9 Å². The Morgan fingerprint density at radius 1 is 0.973 bits per heavy atom. The highest BCUT2D eigenvalue weighted by atomic mass is 16.1. The SMILES string of the molecule is CC(CCc1ccccc1)NC(=O)CCn1c2c(c3ccccc31)CCn1c-2nc2ccccc2c1=O. The van der Waals surface area contributed by atoms with E-state index in [1.165, 1.54) is 16.5 Å². The van der Waals surface area contributed by atoms with Crippen LogP contribution in [0.3, 0.4) is 0 Å². The first-order chi connectivity index (χ1) is 18.1. The second-order valence-electron chi connectivity index (χ2n) is 9.90. The molecule has 186 valence electrons. The number of hydrogen-bond acceptors (Lipinski definition) is 3. The molecule has 2 aromatic heterocycles. The Labute approximate surface area is 215 Å². The second kappa shape index (κ2) is 9.69. The van der Waals surface area contributed by atoms with Gasteiger partial charge < -0.3 is 9.88 Å². The maximum atomic E-state index is 13.3. The Morgan fingerprint density at radius 2 is 1.70 bits per heavy atom. The standard InChI is InChI=1S/C31H30N4O2/c1-21(15-16-22-9-3-2-4-10-22)32-28(36)18-20-34-27-14-8-6-11-23(27)24-17-19-35-30(29(24)34)33-26-13-7-5-12-25(26)31(35)37/h2-14,21H,15-20H2,1H3,(H,32,36). The lowest BCUT2D eigenvalue weighted by Gasteiger charge is -2.21. The largest absolute Gasteiger partial charge is 0.354 e. The quantitative estimate of drug-likeness (QED) is 0.345. The van der Waals surface area contributed by atoms with Crippen LogP contribution >= 0.6 is 0 Å². The van der Waals surface area contributed by atoms with Crippen LogP contribution < -0.4 is 10.9 Å². The van der Waals surface area contributed by atoms with Crippen molar-refractivity contribution in [3.8, 4) is 11.5 Å². The topological polar surface area (TPSA) is 68.9 Å². The van der Waals surface area contributed by atoms with Crippen molar-refractivity contribution in [1.29, 1.82) is 0 Å². The molecule has 0 saturated heterocycles. The number of aryl methyl sites for hydroxylation is 3. The first kappa shape index (κ1) is 23.2. The number of nitrogens with one attached hydrogen (secondary N) is 1. The molecule has 0 fully saturated rings. The number of benzene rings is 3. The molecule has 0 spiro atoms. The molecule has 1 unspecified atom stereocenters. The lowest BCUT2D eigenvalue weighted by Crippen LogP contribution is -2.33. The number of aromatic nitrogens is 3. The van der Waals surface area contributed by atoms with Gasteiger partial charge in [-0.3, -0.25) is 14.2 Å². The van der Waals surface area contributed by atoms with Crippen LogP contribution in [0.15, 0.2) is 83.7 Å². The van der Waals surface area contributed by atoms with Crippen molar-refractivity contribution in [1.82, 2.24) is 19.4 Å². The minimum absolute atomic E-state index is 0.00644. The molecule has 5 aromatic rings. The van der Waals surface area contributed by atoms with Gasteiger partial charge in [0.05, 0.1) is 16.6 Å². The van der Waals surface area contributed by atoms with Crippen molar-refractivity contribution >= 4 is 27.7 Å². The van der Waals surface area contributed by atoms with Gasteiger partial charge in [0, 0.05) is 36.5 Å². The van der Waals surface area contributed by atoms with E-state index in [0.717, 1.165) is 30.5 Å². The van der Waals surface area contributed by atoms with E-state index in [0.29, 0.717) is 36.2 Å². The van der Waals surface area contributed by atoms with Gasteiger partial charge in [0.25, 0.3) is 5.56 Å². The van der Waals surface area contributed by atoms with E-state index in [4.69, 9.17) is 4.98 Å². The van der Waals surface area contributed by atoms with Crippen LogP contribution in [0, 0.1) is 0 Å². The van der Waals surface area contributed by atoms with Crippen LogP contribution in [0.5, 0.6) is 0 Å². The Bertz CT molecular complexity index is 1670. The second-order valence-corrected chi connectivity index (χ2v) is 9.90. The zero-order valence-corrected chi connectivity index (χ0v) is 21.0. The monoisotopic (exact) mass is 490 g/mol. The maximum absolute atomic E-state index is 13.3. The van der Waals surface area contributed by atoms with Crippen molar-refractivity contribution in [2.45, 2.75) is 51.7 Å². The number of hydrogen-bond donors (Lipinski definition) is 1. The Hall–Kier alpha value is -4.19. The van der Waals surface area contributed by atoms with Gasteiger partial charge in [-0.15, -0.1) is 0 Å². The molecule has 0 bridgehead atoms. The molecule has 1 atom stereocenters. The molecular formula is C31H30N4O2. The van der Waals surface area contributed by atoms with Crippen molar-refractivity contribution in [2.75, 3.05) is 0 Å². The lowest BCUT2D eigenvalue weighted by atomic mass is 10.0. The summed E-state index contributed by atoms with van der Waals surface area (Å²) < 4.78 is 3.98. The third-order valence-electron chi connectivity index (χ3n) is 7.41. The van der Waals surface area contributed by atoms with Crippen molar-refractivity contribution in [3.05, 3.63) is 100 Å². The molecule has 6 nitrogen and oxygen atoms in total. The van der Waals surface area contributed by atoms with Gasteiger partial charge in [0.15, 0.2) is 5.82 Å². The summed E-state index contributed by atoms with van der Waals surface area (Å²) in [6.45, 7) is 3.19. The first-order valence-corrected chi connectivity index (χ1v) is 13.0. The van der Waals surface area contributed by atoms with E-state index in [1.807, 2.05) is 54.6 Å². The van der Waals surface area contributed by atoms with Crippen molar-refractivity contribution in [3.63, 3.8) is 0 Å². The van der Waals surface area contributed by atoms with E-state index >= 15 is 0 Å². The highest BCUT2D eigenvalue weighted by Crippen LogP contribution is 2.36. The Balaban J connectivity index is 1.28. The number of rotatable bonds is 7. The fraction of sp³-hybridized carbons (Fsp3) is 0.258. The summed E-state index contributed by atoms with van der Waals surface area (Å²) in [7, 11) is 0. The predicted octanol–water partition coefficient (Wildman–Crippen LogP) is 5.10. The number of para-hydroxylation sites is 2. The minimum atomic E-state index is -0.00644. The molecule has 0 aliphatic carbocycles. The maximum Gasteiger partial charge on any atom is 0.261 e. The number of fused-ring (bicyclic) bond motifs is 6. The van der Waals surface area contributed by atoms with E-state index < -0.39 is 0 Å². The molecule has 6 rings (SSSR count). The number of amides is 1. The fourth-order valence-corrected chi connectivity index (χ4v) is 5.56. The third kappa shape index (κ3) is 4.33. The average Bonchev–Trinajstić information content (AvgIpc) is 3.25. The molecular weight excluding hydrogens is 460 g/mol. The summed E-state index contributed by atoms with van der Waals surface area (Å²) in [4.78, 5) is 31.2. The summed E-state index contributed by atoms with van der Waals surface area (Å²) >= 11 is 0. The molecule has 1 aliphatic rings. The molecule has 1 N–H and O–H groups in total. The molecule has 1 aliphatic heterocycles. The van der Waals surface area contributed by atoms with Crippen molar-refractivity contribution < 1.29 is 4.79 Å². The normalized spacial score (nSPS) is 13.3. The van der Waals surface area contributed by atoms with Gasteiger partial charge in [-0.05, 0) is 55.5 Å². The molecule has 0 radical (unpaired) electrons. The number of carbonyl (C=O) groups is 1. The van der Waals surface area contributed by atoms with E-state index in [-0.39, 0.29) is 17.5 Å². The van der Waals surface area contributed by atoms with Gasteiger partial charge in [-0.1, -0.05) is 60.7 Å². The fourth-order valence-electron chi connectivity index (χ4n) is 5.56. The van der Waals surface area contributed by atoms with E-state index in [1.54, 1.807) is 4.57 Å². The summed E-state index contributed by atoms with van der Waals surface area (Å²) in [6.07, 6.45) is 2.95. The van der Waals surface area contributed by atoms with E-state index in [9.17, 15) is 9.59 Å². The van der Waals surface area contributed by atoms with Gasteiger partial charge in [0.1, 0.15) is 0 Å². The highest BCUT2D eigenvalue weighted by molar-refractivity contribution is 5.92. The van der Waals surface area contributed by atoms with Gasteiger partial charge in [-0.2, -0.15) is 0 Å². The van der Waals surface area contributed by atoms with Crippen LogP contribution in [0.25, 0.3) is 33.3 Å².